The van der Waals surface area contributed by atoms with Crippen molar-refractivity contribution >= 4 is 40.0 Å². The molecule has 0 aromatic heterocycles. The van der Waals surface area contributed by atoms with E-state index in [-0.39, 0.29) is 0 Å². The molecule has 0 aliphatic carbocycles. The van der Waals surface area contributed by atoms with E-state index < -0.39 is 0 Å². The highest BCUT2D eigenvalue weighted by atomic mass is 16.5. The number of hydrogen-bond donors (Lipinski definition) is 0. The van der Waals surface area contributed by atoms with E-state index in [0.29, 0.717) is 0 Å². The summed E-state index contributed by atoms with van der Waals surface area (Å²) >= 11 is 0. The van der Waals surface area contributed by atoms with Crippen molar-refractivity contribution in [3.63, 3.8) is 0 Å². The van der Waals surface area contributed by atoms with Crippen LogP contribution in [0.4, 0.5) is 0 Å². The van der Waals surface area contributed by atoms with Gasteiger partial charge < -0.3 is 9.47 Å². The van der Waals surface area contributed by atoms with Gasteiger partial charge in [0.2, 0.25) is 0 Å². The first kappa shape index (κ1) is 13.7. The fraction of sp³-hybridized carbons (Fsp3) is 0. The minimum Gasteiger partial charge on any atom is -0.472 e. The van der Waals surface area contributed by atoms with E-state index >= 15 is 0 Å². The van der Waals surface area contributed by atoms with Gasteiger partial charge in [-0.2, -0.15) is 0 Å². The largest absolute Gasteiger partial charge is 0.472 e. The van der Waals surface area contributed by atoms with Gasteiger partial charge in [0.25, 0.3) is 0 Å². The minimum atomic E-state index is 0.909. The van der Waals surface area contributed by atoms with Crippen LogP contribution in [-0.2, 0) is 4.74 Å². The van der Waals surface area contributed by atoms with Crippen molar-refractivity contribution in [3.05, 3.63) is 88.5 Å². The maximum atomic E-state index is 6.12. The molecule has 4 aromatic carbocycles. The van der Waals surface area contributed by atoms with Crippen LogP contribution < -0.4 is 15.2 Å². The number of fused-ring (bicyclic) bond motifs is 6. The van der Waals surface area contributed by atoms with Crippen LogP contribution in [0.25, 0.3) is 40.0 Å². The van der Waals surface area contributed by atoms with Crippen LogP contribution in [0.5, 0.6) is 11.5 Å². The Balaban J connectivity index is 1.71. The Morgan fingerprint density at radius 1 is 0.654 bits per heavy atom. The Morgan fingerprint density at radius 3 is 2.38 bits per heavy atom. The van der Waals surface area contributed by atoms with Crippen molar-refractivity contribution in [2.75, 3.05) is 0 Å². The van der Waals surface area contributed by atoms with Gasteiger partial charge in [-0.3, -0.25) is 0 Å². The third-order valence-corrected chi connectivity index (χ3v) is 5.14. The Hall–Kier alpha value is -3.52. The van der Waals surface area contributed by atoms with Crippen LogP contribution in [0.3, 0.4) is 0 Å². The Labute approximate surface area is 149 Å². The number of ether oxygens (including phenoxy) is 2. The predicted octanol–water partition coefficient (Wildman–Crippen LogP) is 4.67. The van der Waals surface area contributed by atoms with E-state index in [1.807, 2.05) is 24.3 Å². The lowest BCUT2D eigenvalue weighted by atomic mass is 9.97. The molecule has 0 spiro atoms. The van der Waals surface area contributed by atoms with Crippen LogP contribution in [-0.4, -0.2) is 0 Å². The summed E-state index contributed by atoms with van der Waals surface area (Å²) in [6.45, 7) is 0. The lowest BCUT2D eigenvalue weighted by molar-refractivity contribution is 0.461. The molecule has 2 heterocycles. The summed E-state index contributed by atoms with van der Waals surface area (Å²) in [7, 11) is 0. The molecule has 0 atom stereocenters. The Bertz CT molecular complexity index is 1380. The van der Waals surface area contributed by atoms with Crippen molar-refractivity contribution < 1.29 is 9.47 Å². The van der Waals surface area contributed by atoms with Gasteiger partial charge in [-0.25, -0.2) is 0 Å². The average molecular weight is 334 g/mol. The second-order valence-electron chi connectivity index (χ2n) is 6.72. The molecule has 26 heavy (non-hydrogen) atoms. The molecule has 2 nitrogen and oxygen atoms in total. The topological polar surface area (TPSA) is 18.5 Å². The summed E-state index contributed by atoms with van der Waals surface area (Å²) in [5.41, 5.74) is 2.30. The van der Waals surface area contributed by atoms with E-state index in [0.717, 1.165) is 27.5 Å². The molecule has 0 saturated carbocycles. The molecule has 0 amide bonds. The van der Waals surface area contributed by atoms with Crippen molar-refractivity contribution in [1.82, 2.24) is 0 Å². The van der Waals surface area contributed by atoms with E-state index in [9.17, 15) is 0 Å². The average Bonchev–Trinajstić information content (AvgIpc) is 2.69. The monoisotopic (exact) mass is 334 g/mol. The van der Waals surface area contributed by atoms with Gasteiger partial charge in [-0.15, -0.1) is 0 Å². The zero-order valence-electron chi connectivity index (χ0n) is 13.9. The summed E-state index contributed by atoms with van der Waals surface area (Å²) in [4.78, 5) is 0. The van der Waals surface area contributed by atoms with Gasteiger partial charge >= 0.3 is 0 Å². The van der Waals surface area contributed by atoms with Crippen LogP contribution in [0.1, 0.15) is 11.1 Å². The van der Waals surface area contributed by atoms with E-state index in [1.54, 1.807) is 12.5 Å². The number of rotatable bonds is 0. The van der Waals surface area contributed by atoms with Gasteiger partial charge in [0.15, 0.2) is 0 Å². The molecule has 6 rings (SSSR count). The van der Waals surface area contributed by atoms with Crippen LogP contribution in [0.2, 0.25) is 0 Å². The molecular weight excluding hydrogens is 320 g/mol. The normalized spacial score (nSPS) is 13.7. The van der Waals surface area contributed by atoms with Crippen molar-refractivity contribution in [2.24, 2.45) is 0 Å². The van der Waals surface area contributed by atoms with Gasteiger partial charge in [0.05, 0.1) is 12.5 Å². The highest BCUT2D eigenvalue weighted by molar-refractivity contribution is 6.08. The third-order valence-electron chi connectivity index (χ3n) is 5.14. The second-order valence-corrected chi connectivity index (χ2v) is 6.72. The van der Waals surface area contributed by atoms with Gasteiger partial charge in [-0.05, 0) is 69.6 Å². The summed E-state index contributed by atoms with van der Waals surface area (Å²) < 4.78 is 11.5. The van der Waals surface area contributed by atoms with Crippen LogP contribution >= 0.6 is 0 Å². The molecule has 2 aliphatic rings. The fourth-order valence-electron chi connectivity index (χ4n) is 3.84. The van der Waals surface area contributed by atoms with Crippen molar-refractivity contribution in [2.45, 2.75) is 0 Å². The van der Waals surface area contributed by atoms with Gasteiger partial charge in [-0.1, -0.05) is 30.3 Å². The molecule has 4 aromatic rings. The SMILES string of the molecule is C1=Cc2cc3ccc4cc5c(cc4c3cc2=CO1)=Cc1ccccc1O5. The smallest absolute Gasteiger partial charge is 0.135 e. The Morgan fingerprint density at radius 2 is 1.46 bits per heavy atom. The van der Waals surface area contributed by atoms with E-state index in [1.165, 1.54) is 27.1 Å². The molecule has 0 fully saturated rings. The summed E-state index contributed by atoms with van der Waals surface area (Å²) in [6.07, 6.45) is 7.72. The molecule has 0 N–H and O–H groups in total. The van der Waals surface area contributed by atoms with Crippen molar-refractivity contribution in [1.29, 1.82) is 0 Å². The minimum absolute atomic E-state index is 0.909. The molecule has 0 radical (unpaired) electrons. The molecule has 122 valence electrons. The molecule has 0 unspecified atom stereocenters. The van der Waals surface area contributed by atoms with E-state index in [2.05, 4.69) is 48.5 Å². The second kappa shape index (κ2) is 4.99. The summed E-state index contributed by atoms with van der Waals surface area (Å²) in [6, 6.07) is 21.3. The van der Waals surface area contributed by atoms with E-state index in [4.69, 9.17) is 9.47 Å². The molecule has 2 heteroatoms. The number of benzene rings is 4. The quantitative estimate of drug-likeness (QED) is 0.383. The summed E-state index contributed by atoms with van der Waals surface area (Å²) in [5.74, 6) is 1.82. The van der Waals surface area contributed by atoms with Gasteiger partial charge in [0, 0.05) is 16.0 Å². The van der Waals surface area contributed by atoms with Gasteiger partial charge in [0.1, 0.15) is 11.5 Å². The first-order valence-corrected chi connectivity index (χ1v) is 8.67. The lowest BCUT2D eigenvalue weighted by Gasteiger charge is -2.16. The molecule has 0 saturated heterocycles. The van der Waals surface area contributed by atoms with Crippen molar-refractivity contribution in [3.8, 4) is 11.5 Å². The van der Waals surface area contributed by atoms with Crippen LogP contribution in [0, 0.1) is 0 Å². The maximum absolute atomic E-state index is 6.12. The lowest BCUT2D eigenvalue weighted by Crippen LogP contribution is -2.11. The first-order valence-electron chi connectivity index (χ1n) is 8.67. The number of para-hydroxylation sites is 1. The van der Waals surface area contributed by atoms with Crippen LogP contribution in [0.15, 0.2) is 66.9 Å². The number of hydrogen-bond acceptors (Lipinski definition) is 2. The predicted molar refractivity (Wildman–Crippen MR) is 105 cm³/mol. The summed E-state index contributed by atoms with van der Waals surface area (Å²) in [5, 5.41) is 7.08. The highest BCUT2D eigenvalue weighted by Crippen LogP contribution is 2.32. The maximum Gasteiger partial charge on any atom is 0.135 e. The fourth-order valence-corrected chi connectivity index (χ4v) is 3.84. The Kier molecular flexibility index (Phi) is 2.64. The zero-order chi connectivity index (χ0) is 17.1. The molecular formula is C24H14O2. The zero-order valence-corrected chi connectivity index (χ0v) is 13.9. The standard InChI is InChI=1S/C24H14O2/c1-2-4-23-18(3-1)10-19-11-21-17(13-24(19)26-23)6-5-16-9-15-7-8-25-14-20(15)12-22(16)21/h1-14H. The third kappa shape index (κ3) is 1.93. The molecule has 0 bridgehead atoms. The molecule has 2 aliphatic heterocycles. The first-order chi connectivity index (χ1) is 12.8. The highest BCUT2D eigenvalue weighted by Gasteiger charge is 2.12.